The molecule has 744 valence electrons. The topological polar surface area (TPSA) is 330 Å². The number of Topliss-reactive ketones (excluding diaryl/α,β-unsaturated/α-hetero) is 2. The lowest BCUT2D eigenvalue weighted by molar-refractivity contribution is -0.251. The van der Waals surface area contributed by atoms with Crippen LogP contribution in [0.5, 0.6) is 0 Å². The van der Waals surface area contributed by atoms with Gasteiger partial charge in [0.15, 0.2) is 0 Å². The SMILES string of the molecule is CC(C)CC(/C=C\CC(=O)CC1CC(C)(C)N(O)C(C)(C)C1)NC(=O)OCc1ccccc1.CC(C)CC(/C=C\CC(=O)CC1CC(C)(C)N(O)C(C)(C)C1)NP(=O)(c1ccccc1)c1ccccc1.CC(C)CC(NC(=O)OC(C)(C)C)C1CC1CC(=O)NC1CC(C)N(O)C(C)(C)C1.CC(C)CC(NC(=O)OCc1ccccc1)C1CC1CC(=O)NC1CC(C)N(O)C(C)(C)C1. The molecule has 2 aliphatic carbocycles. The van der Waals surface area contributed by atoms with Crippen molar-refractivity contribution in [2.24, 2.45) is 59.2 Å². The van der Waals surface area contributed by atoms with Crippen molar-refractivity contribution >= 4 is 59.6 Å². The fraction of sp³-hybridized carbons (Fsp3) is 0.673. The number of alkyl carbamates (subject to hydrolysis) is 3. The van der Waals surface area contributed by atoms with Crippen LogP contribution in [0.1, 0.15) is 313 Å². The van der Waals surface area contributed by atoms with Crippen LogP contribution in [0, 0.1) is 59.2 Å². The maximum absolute atomic E-state index is 14.5. The summed E-state index contributed by atoms with van der Waals surface area (Å²) in [5.41, 5.74) is -0.753. The van der Waals surface area contributed by atoms with Crippen LogP contribution in [0.2, 0.25) is 0 Å². The molecule has 25 nitrogen and oxygen atoms in total. The number of rotatable bonds is 37. The molecule has 0 aromatic heterocycles. The molecule has 12 unspecified atom stereocenters. The van der Waals surface area contributed by atoms with Crippen molar-refractivity contribution in [1.82, 2.24) is 51.9 Å². The smallest absolute Gasteiger partial charge is 0.407 e. The van der Waals surface area contributed by atoms with Crippen LogP contribution in [0.3, 0.4) is 0 Å². The molecule has 10 rings (SSSR count). The monoisotopic (exact) mass is 1870 g/mol. The van der Waals surface area contributed by atoms with Gasteiger partial charge in [0.2, 0.25) is 19.1 Å². The second-order valence-corrected chi connectivity index (χ2v) is 48.2. The number of carbonyl (C=O) groups excluding carboxylic acids is 7. The van der Waals surface area contributed by atoms with Crippen LogP contribution in [0.25, 0.3) is 0 Å². The lowest BCUT2D eigenvalue weighted by Gasteiger charge is -2.51. The second-order valence-electron chi connectivity index (χ2n) is 45.7. The number of allylic oxidation sites excluding steroid dienone is 2. The highest BCUT2D eigenvalue weighted by Crippen LogP contribution is 2.49. The molecule has 0 bridgehead atoms. The van der Waals surface area contributed by atoms with E-state index in [2.05, 4.69) is 87.1 Å². The molecule has 26 heteroatoms. The van der Waals surface area contributed by atoms with Gasteiger partial charge in [0, 0.05) is 125 Å². The first-order valence-electron chi connectivity index (χ1n) is 49.3. The van der Waals surface area contributed by atoms with Crippen molar-refractivity contribution in [2.75, 3.05) is 0 Å². The van der Waals surface area contributed by atoms with Gasteiger partial charge in [0.05, 0.1) is 6.04 Å². The van der Waals surface area contributed by atoms with Crippen molar-refractivity contribution in [1.29, 1.82) is 0 Å². The van der Waals surface area contributed by atoms with Gasteiger partial charge in [0.1, 0.15) is 30.4 Å². The molecule has 12 atom stereocenters. The summed E-state index contributed by atoms with van der Waals surface area (Å²) in [7, 11) is -3.08. The van der Waals surface area contributed by atoms with Crippen molar-refractivity contribution in [3.8, 4) is 0 Å². The lowest BCUT2D eigenvalue weighted by atomic mass is 9.73. The summed E-state index contributed by atoms with van der Waals surface area (Å²) in [5.74, 6) is 3.89. The Morgan fingerprint density at radius 3 is 1.09 bits per heavy atom. The lowest BCUT2D eigenvalue weighted by Crippen LogP contribution is -2.59. The minimum Gasteiger partial charge on any atom is -0.445 e. The molecule has 10 N–H and O–H groups in total. The number of ether oxygens (including phenoxy) is 3. The number of amides is 5. The minimum atomic E-state index is -3.08. The van der Waals surface area contributed by atoms with E-state index in [0.29, 0.717) is 80.0 Å². The average Bonchev–Trinajstić information content (AvgIpc) is 1.59. The van der Waals surface area contributed by atoms with E-state index in [1.165, 1.54) is 20.3 Å². The Balaban J connectivity index is 0.000000243. The summed E-state index contributed by atoms with van der Waals surface area (Å²) in [6, 6.07) is 38.3. The van der Waals surface area contributed by atoms with E-state index in [0.717, 1.165) is 112 Å². The number of hydroxylamine groups is 8. The van der Waals surface area contributed by atoms with Crippen LogP contribution >= 0.6 is 7.29 Å². The second kappa shape index (κ2) is 50.1. The molecule has 133 heavy (non-hydrogen) atoms. The zero-order chi connectivity index (χ0) is 98.9. The fourth-order valence-corrected chi connectivity index (χ4v) is 23.4. The van der Waals surface area contributed by atoms with Gasteiger partial charge in [-0.25, -0.2) is 14.4 Å². The third-order valence-corrected chi connectivity index (χ3v) is 29.3. The number of benzene rings is 4. The molecule has 4 heterocycles. The van der Waals surface area contributed by atoms with E-state index < -0.39 is 25.1 Å². The summed E-state index contributed by atoms with van der Waals surface area (Å²) < 4.78 is 30.7. The molecule has 4 aliphatic heterocycles. The Morgan fingerprint density at radius 1 is 0.429 bits per heavy atom. The van der Waals surface area contributed by atoms with E-state index in [9.17, 15) is 59.0 Å². The first-order chi connectivity index (χ1) is 61.9. The Kier molecular flexibility index (Phi) is 42.3. The highest BCUT2D eigenvalue weighted by atomic mass is 31.2. The summed E-state index contributed by atoms with van der Waals surface area (Å²) in [6.45, 7) is 51.3. The summed E-state index contributed by atoms with van der Waals surface area (Å²) >= 11 is 0. The van der Waals surface area contributed by atoms with Crippen LogP contribution < -0.4 is 42.3 Å². The Hall–Kier alpha value is -7.68. The molecule has 5 amide bonds. The molecular weight excluding hydrogens is 1700 g/mol. The van der Waals surface area contributed by atoms with Gasteiger partial charge in [-0.05, 0) is 302 Å². The van der Waals surface area contributed by atoms with Crippen molar-refractivity contribution < 1.29 is 73.2 Å². The molecule has 4 saturated heterocycles. The summed E-state index contributed by atoms with van der Waals surface area (Å²) in [4.78, 5) is 87.9. The molecule has 0 spiro atoms. The largest absolute Gasteiger partial charge is 0.445 e. The number of nitrogens with zero attached hydrogens (tertiary/aromatic N) is 4. The average molecular weight is 1870 g/mol. The summed E-state index contributed by atoms with van der Waals surface area (Å²) in [5, 5.41) is 67.6. The standard InChI is InChI=1S/C31H45N2O3P.C27H42N2O4.C26H41N3O4.C23H43N3O4/c1-24(2)20-26(32-37(36,28-16-9-7-10-17-28)29-18-11-8-12-19-29)14-13-15-27(34)21-25-22-30(3,4)33(35)31(5,6)23-25;1-20(2)15-23(28-25(31)33-19-21-11-8-7-9-12-21)13-10-14-24(30)16-22-17-26(3,4)29(32)27(5,6)18-22;1-17(2)11-23(28-25(31)33-16-19-9-7-6-8-10-19)22-13-20(22)14-24(30)27-21-12-18(3)29(32)26(4,5)15-21;1-14(2)9-19(25-21(28)30-22(4,5)6)18-11-16(18)12-20(27)24-17-10-15(3)26(29)23(7,8)13-17/h7-14,16-19,24-26,35H,15,20-23H2,1-6H3,(H,32,36);7-13,20,22-23,32H,14-19H2,1-6H3,(H,28,31);6-10,17-18,20-23,32H,11-16H2,1-5H3,(H,27,30)(H,28,31);14-19,29H,9-13H2,1-8H3,(H,24,27)(H,25,28)/b14-13-;13-10-;;. The number of ketones is 2. The number of carbonyl (C=O) groups is 7. The highest BCUT2D eigenvalue weighted by Gasteiger charge is 2.50. The molecular formula is C107H171N10O15P. The molecule has 4 aromatic carbocycles. The first-order valence-corrected chi connectivity index (χ1v) is 51.0. The Morgan fingerprint density at radius 2 is 0.752 bits per heavy atom. The molecule has 4 aromatic rings. The third-order valence-electron chi connectivity index (χ3n) is 26.6. The quantitative estimate of drug-likeness (QED) is 0.0114. The van der Waals surface area contributed by atoms with Crippen molar-refractivity contribution in [3.05, 3.63) is 157 Å². The van der Waals surface area contributed by atoms with E-state index >= 15 is 0 Å². The van der Waals surface area contributed by atoms with Crippen LogP contribution in [-0.4, -0.2) is 170 Å². The van der Waals surface area contributed by atoms with Gasteiger partial charge < -0.3 is 61.6 Å². The fourth-order valence-electron chi connectivity index (χ4n) is 21.0. The zero-order valence-electron chi connectivity index (χ0n) is 85.3. The van der Waals surface area contributed by atoms with Crippen molar-refractivity contribution in [2.45, 2.75) is 402 Å². The molecule has 2 saturated carbocycles. The number of nitrogens with one attached hydrogen (secondary N) is 6. The first kappa shape index (κ1) is 112. The molecule has 6 aliphatic rings. The van der Waals surface area contributed by atoms with E-state index in [1.54, 1.807) is 0 Å². The number of piperidine rings is 4. The van der Waals surface area contributed by atoms with Gasteiger partial charge in [-0.2, -0.15) is 20.3 Å². The van der Waals surface area contributed by atoms with Gasteiger partial charge in [-0.3, -0.25) is 28.8 Å². The van der Waals surface area contributed by atoms with Crippen LogP contribution in [0.15, 0.2) is 146 Å². The van der Waals surface area contributed by atoms with Crippen molar-refractivity contribution in [3.63, 3.8) is 0 Å². The van der Waals surface area contributed by atoms with Gasteiger partial charge in [-0.1, -0.05) is 177 Å². The van der Waals surface area contributed by atoms with Gasteiger partial charge in [-0.15, -0.1) is 0 Å². The predicted molar refractivity (Wildman–Crippen MR) is 530 cm³/mol. The maximum atomic E-state index is 14.5. The van der Waals surface area contributed by atoms with Crippen LogP contribution in [-0.2, 0) is 51.2 Å². The third kappa shape index (κ3) is 37.6. The van der Waals surface area contributed by atoms with Gasteiger partial charge in [0.25, 0.3) is 0 Å². The maximum Gasteiger partial charge on any atom is 0.407 e. The number of hydrogen-bond donors (Lipinski definition) is 10. The Bertz CT molecular complexity index is 4320. The zero-order valence-corrected chi connectivity index (χ0v) is 86.2. The molecule has 6 fully saturated rings. The highest BCUT2D eigenvalue weighted by molar-refractivity contribution is 7.77. The molecule has 0 radical (unpaired) electrons. The van der Waals surface area contributed by atoms with Gasteiger partial charge >= 0.3 is 18.3 Å². The van der Waals surface area contributed by atoms with Crippen LogP contribution in [0.4, 0.5) is 14.4 Å². The summed E-state index contributed by atoms with van der Waals surface area (Å²) in [6.07, 6.45) is 20.5. The number of hydrogen-bond acceptors (Lipinski definition) is 19. The van der Waals surface area contributed by atoms with E-state index in [4.69, 9.17) is 14.2 Å². The predicted octanol–water partition coefficient (Wildman–Crippen LogP) is 21.0. The van der Waals surface area contributed by atoms with E-state index in [-0.39, 0.29) is 142 Å². The Labute approximate surface area is 798 Å². The minimum absolute atomic E-state index is 0.00856. The normalized spacial score (nSPS) is 23.8. The van der Waals surface area contributed by atoms with E-state index in [1.807, 2.05) is 263 Å².